The quantitative estimate of drug-likeness (QED) is 0.770. The third kappa shape index (κ3) is 5.31. The molecule has 1 aromatic heterocycles. The molecule has 25 heavy (non-hydrogen) atoms. The maximum atomic E-state index is 13.8. The SMILES string of the molecule is COCc1ncc(CN2CCCC(CCc3ccccc3F)C2)cn1. The smallest absolute Gasteiger partial charge is 0.153 e. The molecule has 0 radical (unpaired) electrons. The number of hydrogen-bond donors (Lipinski definition) is 0. The Morgan fingerprint density at radius 1 is 1.24 bits per heavy atom. The van der Waals surface area contributed by atoms with E-state index in [1.807, 2.05) is 24.5 Å². The number of benzene rings is 1. The topological polar surface area (TPSA) is 38.2 Å². The molecule has 1 aliphatic rings. The molecule has 3 rings (SSSR count). The van der Waals surface area contributed by atoms with Crippen LogP contribution in [-0.4, -0.2) is 35.1 Å². The first kappa shape index (κ1) is 18.0. The second kappa shape index (κ2) is 9.02. The van der Waals surface area contributed by atoms with Gasteiger partial charge in [-0.25, -0.2) is 14.4 Å². The summed E-state index contributed by atoms with van der Waals surface area (Å²) in [6, 6.07) is 7.12. The average molecular weight is 343 g/mol. The van der Waals surface area contributed by atoms with Crippen LogP contribution in [0.15, 0.2) is 36.7 Å². The summed E-state index contributed by atoms with van der Waals surface area (Å²) in [4.78, 5) is 11.1. The van der Waals surface area contributed by atoms with Crippen LogP contribution >= 0.6 is 0 Å². The summed E-state index contributed by atoms with van der Waals surface area (Å²) in [6.07, 6.45) is 8.08. The zero-order valence-electron chi connectivity index (χ0n) is 14.8. The second-order valence-electron chi connectivity index (χ2n) is 6.81. The van der Waals surface area contributed by atoms with Crippen molar-refractivity contribution in [3.05, 3.63) is 59.4 Å². The standard InChI is InChI=1S/C20H26FN3O/c1-25-15-20-22-11-17(12-23-20)14-24-10-4-5-16(13-24)8-9-18-6-2-3-7-19(18)21/h2-3,6-7,11-12,16H,4-5,8-10,13-15H2,1H3. The number of piperidine rings is 1. The van der Waals surface area contributed by atoms with Crippen molar-refractivity contribution in [3.63, 3.8) is 0 Å². The lowest BCUT2D eigenvalue weighted by Gasteiger charge is -2.32. The Kier molecular flexibility index (Phi) is 6.48. The molecule has 4 nitrogen and oxygen atoms in total. The molecule has 5 heteroatoms. The fraction of sp³-hybridized carbons (Fsp3) is 0.500. The number of halogens is 1. The number of ether oxygens (including phenoxy) is 1. The fourth-order valence-corrected chi connectivity index (χ4v) is 3.52. The molecule has 1 fully saturated rings. The first-order chi connectivity index (χ1) is 12.2. The Morgan fingerprint density at radius 2 is 2.04 bits per heavy atom. The van der Waals surface area contributed by atoms with Crippen molar-refractivity contribution in [2.24, 2.45) is 5.92 Å². The minimum atomic E-state index is -0.0801. The van der Waals surface area contributed by atoms with Crippen LogP contribution in [-0.2, 0) is 24.3 Å². The highest BCUT2D eigenvalue weighted by Crippen LogP contribution is 2.23. The van der Waals surface area contributed by atoms with Crippen molar-refractivity contribution in [3.8, 4) is 0 Å². The number of hydrogen-bond acceptors (Lipinski definition) is 4. The summed E-state index contributed by atoms with van der Waals surface area (Å²) in [7, 11) is 1.65. The minimum Gasteiger partial charge on any atom is -0.377 e. The van der Waals surface area contributed by atoms with Gasteiger partial charge in [0.05, 0.1) is 0 Å². The Hall–Kier alpha value is -1.85. The number of aromatic nitrogens is 2. The molecule has 0 amide bonds. The van der Waals surface area contributed by atoms with E-state index in [2.05, 4.69) is 14.9 Å². The number of methoxy groups -OCH3 is 1. The van der Waals surface area contributed by atoms with Crippen LogP contribution in [0.4, 0.5) is 4.39 Å². The molecule has 1 atom stereocenters. The molecule has 1 unspecified atom stereocenters. The van der Waals surface area contributed by atoms with E-state index in [1.54, 1.807) is 19.2 Å². The van der Waals surface area contributed by atoms with Crippen molar-refractivity contribution in [1.29, 1.82) is 0 Å². The summed E-state index contributed by atoms with van der Waals surface area (Å²) in [6.45, 7) is 3.50. The average Bonchev–Trinajstić information content (AvgIpc) is 2.63. The van der Waals surface area contributed by atoms with E-state index in [9.17, 15) is 4.39 Å². The molecule has 1 aliphatic heterocycles. The van der Waals surface area contributed by atoms with Gasteiger partial charge in [0.2, 0.25) is 0 Å². The number of nitrogens with zero attached hydrogens (tertiary/aromatic N) is 3. The van der Waals surface area contributed by atoms with Crippen molar-refractivity contribution in [2.45, 2.75) is 38.8 Å². The zero-order valence-corrected chi connectivity index (χ0v) is 14.8. The maximum absolute atomic E-state index is 13.8. The van der Waals surface area contributed by atoms with Gasteiger partial charge in [-0.1, -0.05) is 18.2 Å². The molecule has 2 aromatic rings. The molecule has 134 valence electrons. The summed E-state index contributed by atoms with van der Waals surface area (Å²) in [5.74, 6) is 1.26. The van der Waals surface area contributed by atoms with E-state index in [0.717, 1.165) is 43.6 Å². The number of likely N-dealkylation sites (tertiary alicyclic amines) is 1. The van der Waals surface area contributed by atoms with Gasteiger partial charge < -0.3 is 4.74 Å². The molecule has 0 saturated carbocycles. The predicted molar refractivity (Wildman–Crippen MR) is 95.5 cm³/mol. The Bertz CT molecular complexity index is 662. The summed E-state index contributed by atoms with van der Waals surface area (Å²) in [5, 5.41) is 0. The van der Waals surface area contributed by atoms with Crippen LogP contribution in [0.3, 0.4) is 0 Å². The van der Waals surface area contributed by atoms with Crippen molar-refractivity contribution in [2.75, 3.05) is 20.2 Å². The maximum Gasteiger partial charge on any atom is 0.153 e. The molecule has 0 N–H and O–H groups in total. The van der Waals surface area contributed by atoms with Gasteiger partial charge in [-0.3, -0.25) is 4.90 Å². The molecule has 0 spiro atoms. The van der Waals surface area contributed by atoms with E-state index in [1.165, 1.54) is 12.8 Å². The zero-order chi connectivity index (χ0) is 17.5. The van der Waals surface area contributed by atoms with Gasteiger partial charge in [0.15, 0.2) is 5.82 Å². The van der Waals surface area contributed by atoms with Crippen LogP contribution in [0, 0.1) is 11.7 Å². The third-order valence-corrected chi connectivity index (χ3v) is 4.82. The van der Waals surface area contributed by atoms with Gasteiger partial charge in [-0.05, 0) is 49.8 Å². The molecular weight excluding hydrogens is 317 g/mol. The first-order valence-electron chi connectivity index (χ1n) is 8.99. The predicted octanol–water partition coefficient (Wildman–Crippen LogP) is 3.61. The van der Waals surface area contributed by atoms with Crippen molar-refractivity contribution in [1.82, 2.24) is 14.9 Å². The molecule has 0 bridgehead atoms. The molecule has 0 aliphatic carbocycles. The molecular formula is C20H26FN3O. The van der Waals surface area contributed by atoms with Crippen LogP contribution in [0.1, 0.15) is 36.2 Å². The third-order valence-electron chi connectivity index (χ3n) is 4.82. The van der Waals surface area contributed by atoms with Crippen LogP contribution in [0.25, 0.3) is 0 Å². The van der Waals surface area contributed by atoms with Crippen molar-refractivity contribution < 1.29 is 9.13 Å². The molecule has 1 aromatic carbocycles. The van der Waals surface area contributed by atoms with E-state index in [-0.39, 0.29) is 5.82 Å². The van der Waals surface area contributed by atoms with Crippen molar-refractivity contribution >= 4 is 0 Å². The summed E-state index contributed by atoms with van der Waals surface area (Å²) >= 11 is 0. The monoisotopic (exact) mass is 343 g/mol. The van der Waals surface area contributed by atoms with E-state index < -0.39 is 0 Å². The minimum absolute atomic E-state index is 0.0801. The fourth-order valence-electron chi connectivity index (χ4n) is 3.52. The first-order valence-corrected chi connectivity index (χ1v) is 8.99. The summed E-state index contributed by atoms with van der Waals surface area (Å²) in [5.41, 5.74) is 1.97. The van der Waals surface area contributed by atoms with Gasteiger partial charge in [0.1, 0.15) is 12.4 Å². The number of rotatable bonds is 7. The Labute approximate surface area is 149 Å². The summed E-state index contributed by atoms with van der Waals surface area (Å²) < 4.78 is 18.8. The lowest BCUT2D eigenvalue weighted by Crippen LogP contribution is -2.35. The van der Waals surface area contributed by atoms with E-state index in [0.29, 0.717) is 18.3 Å². The van der Waals surface area contributed by atoms with Gasteiger partial charge in [-0.2, -0.15) is 0 Å². The van der Waals surface area contributed by atoms with Crippen LogP contribution < -0.4 is 0 Å². The van der Waals surface area contributed by atoms with E-state index in [4.69, 9.17) is 4.74 Å². The second-order valence-corrected chi connectivity index (χ2v) is 6.81. The van der Waals surface area contributed by atoms with Gasteiger partial charge in [0, 0.05) is 38.2 Å². The Balaban J connectivity index is 1.50. The largest absolute Gasteiger partial charge is 0.377 e. The lowest BCUT2D eigenvalue weighted by atomic mass is 9.91. The van der Waals surface area contributed by atoms with Gasteiger partial charge in [0.25, 0.3) is 0 Å². The number of aryl methyl sites for hydroxylation is 1. The molecule has 2 heterocycles. The lowest BCUT2D eigenvalue weighted by molar-refractivity contribution is 0.161. The normalized spacial score (nSPS) is 18.4. The highest BCUT2D eigenvalue weighted by molar-refractivity contribution is 5.17. The highest BCUT2D eigenvalue weighted by atomic mass is 19.1. The Morgan fingerprint density at radius 3 is 2.80 bits per heavy atom. The van der Waals surface area contributed by atoms with E-state index >= 15 is 0 Å². The highest BCUT2D eigenvalue weighted by Gasteiger charge is 2.20. The van der Waals surface area contributed by atoms with Crippen LogP contribution in [0.5, 0.6) is 0 Å². The van der Waals surface area contributed by atoms with Gasteiger partial charge >= 0.3 is 0 Å². The molecule has 1 saturated heterocycles. The van der Waals surface area contributed by atoms with Crippen LogP contribution in [0.2, 0.25) is 0 Å². The van der Waals surface area contributed by atoms with Gasteiger partial charge in [-0.15, -0.1) is 0 Å².